The van der Waals surface area contributed by atoms with E-state index in [0.717, 1.165) is 83.5 Å². The van der Waals surface area contributed by atoms with Crippen molar-refractivity contribution in [2.45, 2.75) is 335 Å². The van der Waals surface area contributed by atoms with Crippen LogP contribution in [0, 0.1) is 0 Å². The van der Waals surface area contributed by atoms with Crippen LogP contribution in [0.5, 0.6) is 0 Å². The van der Waals surface area contributed by atoms with Crippen molar-refractivity contribution in [3.8, 4) is 0 Å². The maximum Gasteiger partial charge on any atom is 0.472 e. The van der Waals surface area contributed by atoms with Crippen molar-refractivity contribution in [1.29, 1.82) is 0 Å². The zero-order valence-corrected chi connectivity index (χ0v) is 50.9. The van der Waals surface area contributed by atoms with Crippen LogP contribution in [0.1, 0.15) is 328 Å². The highest BCUT2D eigenvalue weighted by Gasteiger charge is 2.26. The second-order valence-corrected chi connectivity index (χ2v) is 23.4. The second-order valence-electron chi connectivity index (χ2n) is 22.0. The summed E-state index contributed by atoms with van der Waals surface area (Å²) >= 11 is 0. The fourth-order valence-electron chi connectivity index (χ4n) is 9.69. The fraction of sp³-hybridized carbons (Fsp3) is 0.848. The van der Waals surface area contributed by atoms with Gasteiger partial charge in [-0.2, -0.15) is 0 Å². The number of phosphoric ester groups is 1. The van der Waals surface area contributed by atoms with Gasteiger partial charge in [-0.3, -0.25) is 18.6 Å². The Labute approximate surface area is 470 Å². The van der Waals surface area contributed by atoms with Crippen LogP contribution in [0.2, 0.25) is 0 Å². The molecule has 0 bridgehead atoms. The van der Waals surface area contributed by atoms with Gasteiger partial charge in [0.2, 0.25) is 0 Å². The van der Waals surface area contributed by atoms with Gasteiger partial charge >= 0.3 is 19.8 Å². The third kappa shape index (κ3) is 61.2. The van der Waals surface area contributed by atoms with Crippen LogP contribution >= 0.6 is 7.82 Å². The number of hydrogen-bond acceptors (Lipinski definition) is 8. The highest BCUT2D eigenvalue weighted by Crippen LogP contribution is 2.43. The summed E-state index contributed by atoms with van der Waals surface area (Å²) in [4.78, 5) is 35.2. The average Bonchev–Trinajstić information content (AvgIpc) is 3.41. The van der Waals surface area contributed by atoms with Crippen LogP contribution in [0.4, 0.5) is 0 Å². The van der Waals surface area contributed by atoms with Crippen LogP contribution in [0.3, 0.4) is 0 Å². The summed E-state index contributed by atoms with van der Waals surface area (Å²) in [5.74, 6) is -0.831. The monoisotopic (exact) mass is 1090 g/mol. The lowest BCUT2D eigenvalue weighted by atomic mass is 10.0. The molecule has 0 aliphatic carbocycles. The van der Waals surface area contributed by atoms with Crippen molar-refractivity contribution in [3.05, 3.63) is 48.6 Å². The predicted octanol–water partition coefficient (Wildman–Crippen LogP) is 20.9. The third-order valence-corrected chi connectivity index (χ3v) is 15.5. The standard InChI is InChI=1S/C66H124NO8P/c1-3-5-7-9-11-13-15-17-19-21-23-24-25-26-27-28-29-30-31-32-33-34-35-36-37-38-39-41-42-44-46-48-50-52-54-56-58-65(68)72-62-64(63-74-76(70,71)73-61-60-67)75-66(69)59-57-55-53-51-49-47-45-43-40-22-20-18-16-14-12-10-8-6-4-2/h6,8,12,14,18,20,40,43,64H,3-5,7,9-11,13,15-17,19,21-39,41-42,44-63,67H2,1-2H3,(H,70,71)/b8-6-,14-12-,20-18-,43-40-. The maximum atomic E-state index is 12.7. The van der Waals surface area contributed by atoms with Crippen molar-refractivity contribution in [3.63, 3.8) is 0 Å². The Hall–Kier alpha value is -2.03. The van der Waals surface area contributed by atoms with E-state index in [2.05, 4.69) is 62.5 Å². The van der Waals surface area contributed by atoms with Gasteiger partial charge in [0.25, 0.3) is 0 Å². The number of rotatable bonds is 62. The topological polar surface area (TPSA) is 134 Å². The van der Waals surface area contributed by atoms with Crippen LogP contribution in [-0.4, -0.2) is 49.3 Å². The van der Waals surface area contributed by atoms with Gasteiger partial charge in [-0.25, -0.2) is 4.57 Å². The minimum Gasteiger partial charge on any atom is -0.462 e. The molecule has 2 atom stereocenters. The van der Waals surface area contributed by atoms with Gasteiger partial charge in [0.05, 0.1) is 13.2 Å². The number of unbranched alkanes of at least 4 members (excludes halogenated alkanes) is 41. The fourth-order valence-corrected chi connectivity index (χ4v) is 10.5. The van der Waals surface area contributed by atoms with Gasteiger partial charge in [0.15, 0.2) is 6.10 Å². The molecule has 10 heteroatoms. The molecule has 0 spiro atoms. The van der Waals surface area contributed by atoms with Crippen LogP contribution in [0.25, 0.3) is 0 Å². The lowest BCUT2D eigenvalue weighted by Crippen LogP contribution is -2.29. The van der Waals surface area contributed by atoms with Crippen LogP contribution < -0.4 is 5.73 Å². The largest absolute Gasteiger partial charge is 0.472 e. The van der Waals surface area contributed by atoms with Gasteiger partial charge in [-0.15, -0.1) is 0 Å². The number of phosphoric acid groups is 1. The molecule has 0 aliphatic heterocycles. The van der Waals surface area contributed by atoms with Crippen LogP contribution in [-0.2, 0) is 32.7 Å². The summed E-state index contributed by atoms with van der Waals surface area (Å²) < 4.78 is 33.1. The quantitative estimate of drug-likeness (QED) is 0.0264. The first-order valence-corrected chi connectivity index (χ1v) is 34.1. The Morgan fingerprint density at radius 1 is 0.408 bits per heavy atom. The second kappa shape index (κ2) is 62.2. The molecule has 446 valence electrons. The Balaban J connectivity index is 3.79. The zero-order valence-electron chi connectivity index (χ0n) is 50.0. The molecule has 0 saturated carbocycles. The summed E-state index contributed by atoms with van der Waals surface area (Å²) in [7, 11) is -4.39. The maximum absolute atomic E-state index is 12.7. The van der Waals surface area contributed by atoms with Crippen molar-refractivity contribution >= 4 is 19.8 Å². The van der Waals surface area contributed by atoms with E-state index >= 15 is 0 Å². The molecule has 0 aromatic rings. The van der Waals surface area contributed by atoms with Gasteiger partial charge in [0, 0.05) is 19.4 Å². The first-order chi connectivity index (χ1) is 37.3. The van der Waals surface area contributed by atoms with E-state index in [9.17, 15) is 19.0 Å². The highest BCUT2D eigenvalue weighted by molar-refractivity contribution is 7.47. The van der Waals surface area contributed by atoms with E-state index in [4.69, 9.17) is 24.3 Å². The Kier molecular flexibility index (Phi) is 60.5. The number of carbonyl (C=O) groups is 2. The Bertz CT molecular complexity index is 1380. The molecule has 0 rings (SSSR count). The molecule has 0 aromatic heterocycles. The first-order valence-electron chi connectivity index (χ1n) is 32.6. The van der Waals surface area contributed by atoms with Crippen molar-refractivity contribution in [2.24, 2.45) is 5.73 Å². The molecule has 0 heterocycles. The molecule has 0 fully saturated rings. The zero-order chi connectivity index (χ0) is 55.2. The summed E-state index contributed by atoms with van der Waals surface area (Å²) in [6.07, 6.45) is 77.9. The number of esters is 2. The number of hydrogen-bond donors (Lipinski definition) is 2. The predicted molar refractivity (Wildman–Crippen MR) is 326 cm³/mol. The van der Waals surface area contributed by atoms with Crippen molar-refractivity contribution in [2.75, 3.05) is 26.4 Å². The Morgan fingerprint density at radius 3 is 1.08 bits per heavy atom. The van der Waals surface area contributed by atoms with Gasteiger partial charge < -0.3 is 20.1 Å². The molecule has 3 N–H and O–H groups in total. The molecule has 0 amide bonds. The van der Waals surface area contributed by atoms with Gasteiger partial charge in [-0.05, 0) is 51.4 Å². The summed E-state index contributed by atoms with van der Waals surface area (Å²) in [6.45, 7) is 3.66. The lowest BCUT2D eigenvalue weighted by Gasteiger charge is -2.19. The minimum atomic E-state index is -4.39. The van der Waals surface area contributed by atoms with E-state index < -0.39 is 26.5 Å². The van der Waals surface area contributed by atoms with Crippen molar-refractivity contribution in [1.82, 2.24) is 0 Å². The van der Waals surface area contributed by atoms with E-state index in [1.807, 2.05) is 0 Å². The van der Waals surface area contributed by atoms with E-state index in [1.54, 1.807) is 0 Å². The number of allylic oxidation sites excluding steroid dienone is 8. The summed E-state index contributed by atoms with van der Waals surface area (Å²) in [5.41, 5.74) is 5.39. The number of nitrogens with two attached hydrogens (primary N) is 1. The van der Waals surface area contributed by atoms with Crippen LogP contribution in [0.15, 0.2) is 48.6 Å². The normalized spacial score (nSPS) is 13.3. The smallest absolute Gasteiger partial charge is 0.462 e. The minimum absolute atomic E-state index is 0.0506. The SMILES string of the molecule is CC/C=C\C/C=C\C/C=C\C/C=C\CCCCCCCCC(=O)OC(COC(=O)CCCCCCCCCCCCCCCCCCCCCCCCCCCCCCCCCCCCCC)COP(=O)(O)OCCN. The third-order valence-electron chi connectivity index (χ3n) is 14.5. The number of carbonyl (C=O) groups excluding carboxylic acids is 2. The lowest BCUT2D eigenvalue weighted by molar-refractivity contribution is -0.161. The summed E-state index contributed by atoms with van der Waals surface area (Å²) in [6, 6.07) is 0. The molecule has 2 unspecified atom stereocenters. The van der Waals surface area contributed by atoms with E-state index in [1.165, 1.54) is 212 Å². The molecule has 0 aromatic carbocycles. The molecule has 9 nitrogen and oxygen atoms in total. The highest BCUT2D eigenvalue weighted by atomic mass is 31.2. The summed E-state index contributed by atoms with van der Waals surface area (Å²) in [5, 5.41) is 0. The van der Waals surface area contributed by atoms with E-state index in [0.29, 0.717) is 6.42 Å². The first kappa shape index (κ1) is 74.0. The van der Waals surface area contributed by atoms with Crippen molar-refractivity contribution < 1.29 is 37.6 Å². The van der Waals surface area contributed by atoms with Gasteiger partial charge in [0.1, 0.15) is 6.61 Å². The van der Waals surface area contributed by atoms with Gasteiger partial charge in [-0.1, -0.05) is 313 Å². The Morgan fingerprint density at radius 2 is 0.724 bits per heavy atom. The molecule has 0 aliphatic rings. The number of ether oxygens (including phenoxy) is 2. The molecule has 0 radical (unpaired) electrons. The average molecular weight is 1090 g/mol. The molecule has 76 heavy (non-hydrogen) atoms. The molecular formula is C66H124NO8P. The molecule has 0 saturated heterocycles. The molecular weight excluding hydrogens is 966 g/mol. The van der Waals surface area contributed by atoms with E-state index in [-0.39, 0.29) is 38.6 Å².